The predicted octanol–water partition coefficient (Wildman–Crippen LogP) is 0.821. The van der Waals surface area contributed by atoms with Crippen LogP contribution in [-0.4, -0.2) is 28.2 Å². The van der Waals surface area contributed by atoms with Crippen molar-refractivity contribution < 1.29 is 18.3 Å². The summed E-state index contributed by atoms with van der Waals surface area (Å²) in [6.45, 7) is 1.95. The first-order chi connectivity index (χ1) is 8.36. The van der Waals surface area contributed by atoms with Crippen molar-refractivity contribution >= 4 is 11.6 Å². The maximum atomic E-state index is 12.5. The maximum Gasteiger partial charge on any atom is 0.451 e. The Morgan fingerprint density at radius 3 is 2.50 bits per heavy atom. The molecule has 1 heterocycles. The number of hydrazine groups is 1. The smallest absolute Gasteiger partial charge is 0.396 e. The second-order valence-electron chi connectivity index (χ2n) is 3.77. The Morgan fingerprint density at radius 1 is 1.39 bits per heavy atom. The molecule has 102 valence electrons. The van der Waals surface area contributed by atoms with E-state index in [0.717, 1.165) is 0 Å². The number of nitrogens with zero attached hydrogens (tertiary/aromatic N) is 2. The Kier molecular flexibility index (Phi) is 4.68. The van der Waals surface area contributed by atoms with E-state index in [2.05, 4.69) is 15.3 Å². The third-order valence-electron chi connectivity index (χ3n) is 2.07. The fraction of sp³-hybridized carbons (Fsp3) is 0.556. The SMILES string of the molecule is CC(CO)CNc1cc(NN)nc(C(F)(F)F)n1. The van der Waals surface area contributed by atoms with Gasteiger partial charge in [0.2, 0.25) is 5.82 Å². The first-order valence-electron chi connectivity index (χ1n) is 5.14. The third kappa shape index (κ3) is 4.00. The van der Waals surface area contributed by atoms with Crippen molar-refractivity contribution in [2.24, 2.45) is 11.8 Å². The fourth-order valence-electron chi connectivity index (χ4n) is 1.08. The molecule has 0 aliphatic heterocycles. The van der Waals surface area contributed by atoms with Gasteiger partial charge in [0.05, 0.1) is 0 Å². The highest BCUT2D eigenvalue weighted by atomic mass is 19.4. The number of aromatic nitrogens is 2. The summed E-state index contributed by atoms with van der Waals surface area (Å²) < 4.78 is 37.5. The van der Waals surface area contributed by atoms with Gasteiger partial charge >= 0.3 is 6.18 Å². The number of nitrogens with two attached hydrogens (primary N) is 1. The first-order valence-corrected chi connectivity index (χ1v) is 5.14. The van der Waals surface area contributed by atoms with Gasteiger partial charge in [0.25, 0.3) is 0 Å². The van der Waals surface area contributed by atoms with Crippen LogP contribution < -0.4 is 16.6 Å². The van der Waals surface area contributed by atoms with Gasteiger partial charge in [0.15, 0.2) is 0 Å². The molecule has 1 aromatic heterocycles. The number of aliphatic hydroxyl groups is 1. The number of hydrogen-bond donors (Lipinski definition) is 4. The average molecular weight is 265 g/mol. The predicted molar refractivity (Wildman–Crippen MR) is 59.6 cm³/mol. The van der Waals surface area contributed by atoms with Crippen LogP contribution in [0.1, 0.15) is 12.7 Å². The molecule has 0 fully saturated rings. The average Bonchev–Trinajstić information content (AvgIpc) is 2.34. The van der Waals surface area contributed by atoms with Crippen LogP contribution in [0.4, 0.5) is 24.8 Å². The van der Waals surface area contributed by atoms with E-state index in [9.17, 15) is 13.2 Å². The number of alkyl halides is 3. The topological polar surface area (TPSA) is 96.1 Å². The van der Waals surface area contributed by atoms with E-state index < -0.39 is 12.0 Å². The molecule has 9 heteroatoms. The van der Waals surface area contributed by atoms with Gasteiger partial charge in [-0.2, -0.15) is 13.2 Å². The van der Waals surface area contributed by atoms with Gasteiger partial charge in [-0.05, 0) is 5.92 Å². The minimum Gasteiger partial charge on any atom is -0.396 e. The molecule has 18 heavy (non-hydrogen) atoms. The van der Waals surface area contributed by atoms with E-state index in [0.29, 0.717) is 0 Å². The van der Waals surface area contributed by atoms with Crippen LogP contribution in [0.25, 0.3) is 0 Å². The van der Waals surface area contributed by atoms with Crippen LogP contribution in [0.5, 0.6) is 0 Å². The van der Waals surface area contributed by atoms with Crippen molar-refractivity contribution in [2.45, 2.75) is 13.1 Å². The number of aliphatic hydroxyl groups excluding tert-OH is 1. The Morgan fingerprint density at radius 2 is 2.00 bits per heavy atom. The lowest BCUT2D eigenvalue weighted by Gasteiger charge is -2.13. The van der Waals surface area contributed by atoms with Crippen LogP contribution in [0.3, 0.4) is 0 Å². The minimum atomic E-state index is -4.65. The lowest BCUT2D eigenvalue weighted by molar-refractivity contribution is -0.144. The molecule has 0 bridgehead atoms. The van der Waals surface area contributed by atoms with Crippen LogP contribution in [0.2, 0.25) is 0 Å². The van der Waals surface area contributed by atoms with Crippen molar-refractivity contribution in [1.29, 1.82) is 0 Å². The molecule has 0 spiro atoms. The lowest BCUT2D eigenvalue weighted by atomic mass is 10.2. The third-order valence-corrected chi connectivity index (χ3v) is 2.07. The highest BCUT2D eigenvalue weighted by molar-refractivity contribution is 5.47. The highest BCUT2D eigenvalue weighted by Gasteiger charge is 2.35. The summed E-state index contributed by atoms with van der Waals surface area (Å²) in [6.07, 6.45) is -4.65. The summed E-state index contributed by atoms with van der Waals surface area (Å²) in [4.78, 5) is 6.54. The zero-order valence-electron chi connectivity index (χ0n) is 9.62. The van der Waals surface area contributed by atoms with Crippen LogP contribution in [-0.2, 0) is 6.18 Å². The van der Waals surface area contributed by atoms with Crippen LogP contribution >= 0.6 is 0 Å². The Labute approximate surface area is 101 Å². The van der Waals surface area contributed by atoms with Crippen molar-refractivity contribution in [1.82, 2.24) is 9.97 Å². The molecule has 5 N–H and O–H groups in total. The molecule has 0 aliphatic carbocycles. The van der Waals surface area contributed by atoms with E-state index in [-0.39, 0.29) is 30.7 Å². The summed E-state index contributed by atoms with van der Waals surface area (Å²) in [7, 11) is 0. The second kappa shape index (κ2) is 5.83. The van der Waals surface area contributed by atoms with Crippen molar-refractivity contribution in [2.75, 3.05) is 23.9 Å². The standard InChI is InChI=1S/C9H14F3N5O/c1-5(4-18)3-14-6-2-7(17-13)16-8(15-6)9(10,11)12/h2,5,18H,3-4,13H2,1H3,(H2,14,15,16,17). The second-order valence-corrected chi connectivity index (χ2v) is 3.77. The maximum absolute atomic E-state index is 12.5. The largest absolute Gasteiger partial charge is 0.451 e. The first kappa shape index (κ1) is 14.5. The molecule has 0 saturated heterocycles. The number of nitrogen functional groups attached to an aromatic ring is 1. The minimum absolute atomic E-state index is 0.00873. The van der Waals surface area contributed by atoms with Gasteiger partial charge in [-0.15, -0.1) is 0 Å². The molecular weight excluding hydrogens is 251 g/mol. The van der Waals surface area contributed by atoms with Gasteiger partial charge in [-0.25, -0.2) is 15.8 Å². The molecule has 1 rings (SSSR count). The lowest BCUT2D eigenvalue weighted by Crippen LogP contribution is -2.19. The molecule has 0 saturated carbocycles. The summed E-state index contributed by atoms with van der Waals surface area (Å²) in [6, 6.07) is 1.25. The number of rotatable bonds is 5. The van der Waals surface area contributed by atoms with Gasteiger partial charge in [-0.3, -0.25) is 0 Å². The van der Waals surface area contributed by atoms with Gasteiger partial charge < -0.3 is 15.8 Å². The summed E-state index contributed by atoms with van der Waals surface area (Å²) in [5.41, 5.74) is 2.04. The number of hydrogen-bond acceptors (Lipinski definition) is 6. The van der Waals surface area contributed by atoms with Gasteiger partial charge in [-0.1, -0.05) is 6.92 Å². The van der Waals surface area contributed by atoms with E-state index in [1.807, 2.05) is 5.43 Å². The van der Waals surface area contributed by atoms with E-state index in [1.54, 1.807) is 6.92 Å². The van der Waals surface area contributed by atoms with Crippen LogP contribution in [0, 0.1) is 5.92 Å². The van der Waals surface area contributed by atoms with Gasteiger partial charge in [0, 0.05) is 19.2 Å². The highest BCUT2D eigenvalue weighted by Crippen LogP contribution is 2.28. The monoisotopic (exact) mass is 265 g/mol. The number of anilines is 2. The van der Waals surface area contributed by atoms with E-state index >= 15 is 0 Å². The zero-order chi connectivity index (χ0) is 13.8. The Bertz CT molecular complexity index is 398. The van der Waals surface area contributed by atoms with E-state index in [1.165, 1.54) is 6.07 Å². The molecule has 0 amide bonds. The number of nitrogens with one attached hydrogen (secondary N) is 2. The Balaban J connectivity index is 2.91. The molecule has 1 aromatic rings. The summed E-state index contributed by atoms with van der Waals surface area (Å²) in [5, 5.41) is 11.5. The Hall–Kier alpha value is -1.61. The summed E-state index contributed by atoms with van der Waals surface area (Å²) >= 11 is 0. The van der Waals surface area contributed by atoms with Gasteiger partial charge in [0.1, 0.15) is 11.6 Å². The van der Waals surface area contributed by atoms with Crippen molar-refractivity contribution in [3.8, 4) is 0 Å². The zero-order valence-corrected chi connectivity index (χ0v) is 9.62. The quantitative estimate of drug-likeness (QED) is 0.465. The molecule has 1 unspecified atom stereocenters. The molecule has 6 nitrogen and oxygen atoms in total. The van der Waals surface area contributed by atoms with Crippen molar-refractivity contribution in [3.05, 3.63) is 11.9 Å². The molecule has 1 atom stereocenters. The molecule has 0 aliphatic rings. The van der Waals surface area contributed by atoms with E-state index in [4.69, 9.17) is 10.9 Å². The van der Waals surface area contributed by atoms with Crippen molar-refractivity contribution in [3.63, 3.8) is 0 Å². The fourth-order valence-corrected chi connectivity index (χ4v) is 1.08. The molecule has 0 radical (unpaired) electrons. The number of halogens is 3. The normalized spacial score (nSPS) is 13.2. The van der Waals surface area contributed by atoms with Crippen LogP contribution in [0.15, 0.2) is 6.07 Å². The molecular formula is C9H14F3N5O. The molecule has 0 aromatic carbocycles. The summed E-state index contributed by atoms with van der Waals surface area (Å²) in [5.74, 6) is 3.50.